The van der Waals surface area contributed by atoms with Gasteiger partial charge in [-0.15, -0.1) is 16.0 Å². The minimum Gasteiger partial charge on any atom is -0.201 e. The molecule has 0 aromatic rings. The smallest absolute Gasteiger partial charge is 0.201 e. The fourth-order valence-electron chi connectivity index (χ4n) is 0.0727. The van der Waals surface area contributed by atoms with Crippen LogP contribution in [0.5, 0.6) is 0 Å². The van der Waals surface area contributed by atoms with Gasteiger partial charge < -0.3 is 0 Å². The highest BCUT2D eigenvalue weighted by Crippen LogP contribution is 1.96. The summed E-state index contributed by atoms with van der Waals surface area (Å²) in [4.78, 5) is 0. The van der Waals surface area contributed by atoms with Gasteiger partial charge in [-0.25, -0.2) is 8.42 Å². The summed E-state index contributed by atoms with van der Waals surface area (Å²) in [5.41, 5.74) is 0. The van der Waals surface area contributed by atoms with Crippen LogP contribution in [-0.2, 0) is 23.9 Å². The van der Waals surface area contributed by atoms with Crippen LogP contribution in [0.15, 0.2) is 0 Å². The van der Waals surface area contributed by atoms with E-state index in [1.165, 1.54) is 0 Å². The van der Waals surface area contributed by atoms with Gasteiger partial charge in [-0.05, 0) is 0 Å². The Morgan fingerprint density at radius 2 is 1.67 bits per heavy atom. The van der Waals surface area contributed by atoms with Crippen LogP contribution in [0.4, 0.5) is 0 Å². The molecular formula is H2Cl2O5S2. The van der Waals surface area contributed by atoms with Gasteiger partial charge in [0.2, 0.25) is 0 Å². The van der Waals surface area contributed by atoms with Crippen molar-refractivity contribution in [1.82, 2.24) is 0 Å². The first kappa shape index (κ1) is 12.1. The van der Waals surface area contributed by atoms with Crippen LogP contribution in [0.2, 0.25) is 0 Å². The first-order chi connectivity index (χ1) is 3.42. The van der Waals surface area contributed by atoms with Crippen LogP contribution >= 0.6 is 23.1 Å². The highest BCUT2D eigenvalue weighted by Gasteiger charge is 2.04. The molecular weight excluding hydrogens is 215 g/mol. The lowest BCUT2D eigenvalue weighted by Crippen LogP contribution is -1.93. The predicted molar refractivity (Wildman–Crippen MR) is 33.4 cm³/mol. The number of halogens is 2. The van der Waals surface area contributed by atoms with Crippen molar-refractivity contribution in [3.63, 3.8) is 0 Å². The van der Waals surface area contributed by atoms with Crippen molar-refractivity contribution in [2.75, 3.05) is 0 Å². The highest BCUT2D eigenvalue weighted by atomic mass is 35.7. The van der Waals surface area contributed by atoms with Crippen molar-refractivity contribution < 1.29 is 20.5 Å². The van der Waals surface area contributed by atoms with E-state index in [4.69, 9.17) is 0 Å². The highest BCUT2D eigenvalue weighted by molar-refractivity contribution is 8.13. The zero-order valence-electron chi connectivity index (χ0n) is 3.68. The van der Waals surface area contributed by atoms with Gasteiger partial charge in [0.15, 0.2) is 0 Å². The molecule has 0 aliphatic heterocycles. The Balaban J connectivity index is 0. The minimum atomic E-state index is -4.35. The van der Waals surface area contributed by atoms with E-state index in [1.807, 2.05) is 0 Å². The van der Waals surface area contributed by atoms with E-state index in [1.54, 1.807) is 0 Å². The lowest BCUT2D eigenvalue weighted by atomic mass is 15.8. The van der Waals surface area contributed by atoms with E-state index < -0.39 is 20.3 Å². The Labute approximate surface area is 64.1 Å². The summed E-state index contributed by atoms with van der Waals surface area (Å²) >= 11 is 0. The molecule has 0 saturated heterocycles. The molecule has 0 aliphatic rings. The van der Waals surface area contributed by atoms with Crippen LogP contribution in [0, 0.1) is 0 Å². The first-order valence-corrected chi connectivity index (χ1v) is 4.53. The Kier molecular flexibility index (Phi) is 5.79. The molecule has 0 atom stereocenters. The normalized spacial score (nSPS) is 10.9. The number of rotatable bonds is 2. The number of thiol groups is 1. The Hall–Kier alpha value is 0.440. The first-order valence-electron chi connectivity index (χ1n) is 1.20. The van der Waals surface area contributed by atoms with E-state index in [0.717, 1.165) is 0 Å². The average Bonchev–Trinajstić information content (AvgIpc) is 1.21. The van der Waals surface area contributed by atoms with E-state index in [9.17, 15) is 16.8 Å². The van der Waals surface area contributed by atoms with Crippen LogP contribution in [-0.4, -0.2) is 16.8 Å². The molecule has 0 rings (SSSR count). The van der Waals surface area contributed by atoms with Gasteiger partial charge in [-0.3, -0.25) is 0 Å². The zero-order valence-corrected chi connectivity index (χ0v) is 6.97. The minimum absolute atomic E-state index is 0. The van der Waals surface area contributed by atoms with Crippen LogP contribution in [0.3, 0.4) is 0 Å². The third kappa shape index (κ3) is 11.8. The van der Waals surface area contributed by atoms with Crippen molar-refractivity contribution in [2.24, 2.45) is 0 Å². The molecule has 0 fully saturated rings. The average molecular weight is 217 g/mol. The second kappa shape index (κ2) is 4.29. The topological polar surface area (TPSA) is 77.5 Å². The van der Waals surface area contributed by atoms with Crippen LogP contribution in [0.1, 0.15) is 0 Å². The van der Waals surface area contributed by atoms with Gasteiger partial charge in [0.05, 0.1) is 10.7 Å². The summed E-state index contributed by atoms with van der Waals surface area (Å²) in [6.07, 6.45) is 0. The maximum atomic E-state index is 9.60. The summed E-state index contributed by atoms with van der Waals surface area (Å²) < 4.78 is 41.1. The molecule has 0 heterocycles. The predicted octanol–water partition coefficient (Wildman–Crippen LogP) is -0.565. The fraction of sp³-hybridized carbons (Fsp3) is 0. The number of hydrogen-bond donors (Lipinski definition) is 1. The molecule has 0 aliphatic carbocycles. The molecule has 0 N–H and O–H groups in total. The molecule has 0 unspecified atom stereocenters. The summed E-state index contributed by atoms with van der Waals surface area (Å²) in [6, 6.07) is 0. The van der Waals surface area contributed by atoms with E-state index in [0.29, 0.717) is 0 Å². The van der Waals surface area contributed by atoms with Crippen molar-refractivity contribution in [3.8, 4) is 0 Å². The van der Waals surface area contributed by atoms with Crippen LogP contribution < -0.4 is 0 Å². The monoisotopic (exact) mass is 216 g/mol. The third-order valence-electron chi connectivity index (χ3n) is 0.150. The molecule has 5 nitrogen and oxygen atoms in total. The standard InChI is InChI=1S/ClHO5S2.ClH/c1-8(4,5)6-7(2)3;/h7H;1H. The molecule has 0 aromatic heterocycles. The summed E-state index contributed by atoms with van der Waals surface area (Å²) in [7, 11) is -3.46. The van der Waals surface area contributed by atoms with Gasteiger partial charge in [0, 0.05) is 0 Å². The fourth-order valence-corrected chi connectivity index (χ4v) is 1.07. The largest absolute Gasteiger partial charge is 0.370 e. The lowest BCUT2D eigenvalue weighted by Gasteiger charge is -1.80. The molecule has 0 saturated carbocycles. The van der Waals surface area contributed by atoms with Crippen molar-refractivity contribution in [2.45, 2.75) is 0 Å². The van der Waals surface area contributed by atoms with Gasteiger partial charge in [0.25, 0.3) is 11.0 Å². The molecule has 0 aromatic carbocycles. The second-order valence-electron chi connectivity index (χ2n) is 0.691. The summed E-state index contributed by atoms with van der Waals surface area (Å²) in [5.74, 6) is 0. The number of hydrogen-bond acceptors (Lipinski definition) is 5. The molecule has 58 valence electrons. The summed E-state index contributed by atoms with van der Waals surface area (Å²) in [6.45, 7) is 0. The molecule has 0 amide bonds. The second-order valence-corrected chi connectivity index (χ2v) is 3.65. The van der Waals surface area contributed by atoms with Gasteiger partial charge in [0.1, 0.15) is 0 Å². The SMILES string of the molecule is Cl.O=[SH](=O)OS(=O)(=O)Cl. The van der Waals surface area contributed by atoms with Gasteiger partial charge in [-0.2, -0.15) is 8.42 Å². The Bertz CT molecular complexity index is 213. The Morgan fingerprint density at radius 3 is 1.67 bits per heavy atom. The Morgan fingerprint density at radius 1 is 1.33 bits per heavy atom. The van der Waals surface area contributed by atoms with Crippen LogP contribution in [0.25, 0.3) is 0 Å². The molecule has 9 heavy (non-hydrogen) atoms. The maximum Gasteiger partial charge on any atom is 0.370 e. The summed E-state index contributed by atoms with van der Waals surface area (Å²) in [5, 5.41) is 0. The molecule has 0 bridgehead atoms. The molecule has 9 heteroatoms. The maximum absolute atomic E-state index is 9.60. The van der Waals surface area contributed by atoms with Gasteiger partial charge in [-0.1, -0.05) is 0 Å². The lowest BCUT2D eigenvalue weighted by molar-refractivity contribution is 0.490. The zero-order chi connectivity index (χ0) is 6.78. The molecule has 0 radical (unpaired) electrons. The van der Waals surface area contributed by atoms with Crippen molar-refractivity contribution >= 4 is 43.4 Å². The van der Waals surface area contributed by atoms with E-state index >= 15 is 0 Å². The van der Waals surface area contributed by atoms with Crippen molar-refractivity contribution in [3.05, 3.63) is 0 Å². The van der Waals surface area contributed by atoms with Crippen molar-refractivity contribution in [1.29, 1.82) is 0 Å². The van der Waals surface area contributed by atoms with Gasteiger partial charge >= 0.3 is 9.33 Å². The van der Waals surface area contributed by atoms with E-state index in [2.05, 4.69) is 14.3 Å². The van der Waals surface area contributed by atoms with E-state index in [-0.39, 0.29) is 12.4 Å². The molecule has 0 spiro atoms. The third-order valence-corrected chi connectivity index (χ3v) is 1.86. The quantitative estimate of drug-likeness (QED) is 0.495.